The van der Waals surface area contributed by atoms with Gasteiger partial charge < -0.3 is 20.3 Å². The third-order valence-electron chi connectivity index (χ3n) is 5.11. The van der Waals surface area contributed by atoms with Crippen LogP contribution in [0.4, 0.5) is 26.4 Å². The van der Waals surface area contributed by atoms with E-state index in [4.69, 9.17) is 15.0 Å². The molecule has 0 unspecified atom stereocenters. The number of carbonyl (C=O) groups is 1. The van der Waals surface area contributed by atoms with Gasteiger partial charge in [-0.3, -0.25) is 0 Å². The number of nitrogens with one attached hydrogen (secondary N) is 1. The number of nitrogen functional groups attached to an aromatic ring is 1. The van der Waals surface area contributed by atoms with Crippen molar-refractivity contribution in [2.24, 2.45) is 0 Å². The van der Waals surface area contributed by atoms with E-state index < -0.39 is 11.8 Å². The zero-order valence-electron chi connectivity index (χ0n) is 18.7. The Morgan fingerprint density at radius 1 is 1.00 bits per heavy atom. The summed E-state index contributed by atoms with van der Waals surface area (Å²) in [5.74, 6) is -1.41. The molecule has 0 aliphatic rings. The zero-order chi connectivity index (χ0) is 25.2. The van der Waals surface area contributed by atoms with Crippen LogP contribution in [0.15, 0.2) is 59.1 Å². The van der Waals surface area contributed by atoms with Crippen LogP contribution in [0.5, 0.6) is 0 Å². The lowest BCUT2D eigenvalue weighted by atomic mass is 10.1. The number of ether oxygens (including phenoxy) is 1. The van der Waals surface area contributed by atoms with Crippen molar-refractivity contribution in [3.63, 3.8) is 0 Å². The van der Waals surface area contributed by atoms with Crippen molar-refractivity contribution >= 4 is 34.7 Å². The third kappa shape index (κ3) is 4.78. The number of halogens is 2. The minimum absolute atomic E-state index is 0.0894. The maximum absolute atomic E-state index is 13.4. The number of pyridine rings is 1. The molecule has 0 spiro atoms. The molecule has 0 aliphatic heterocycles. The van der Waals surface area contributed by atoms with Crippen molar-refractivity contribution < 1.29 is 22.8 Å². The van der Waals surface area contributed by atoms with E-state index in [0.29, 0.717) is 28.0 Å². The largest absolute Gasteiger partial charge is 0.454 e. The van der Waals surface area contributed by atoms with E-state index in [2.05, 4.69) is 30.4 Å². The second kappa shape index (κ2) is 9.33. The molecule has 3 N–H and O–H groups in total. The quantitative estimate of drug-likeness (QED) is 0.331. The zero-order valence-corrected chi connectivity index (χ0v) is 18.7. The van der Waals surface area contributed by atoms with Crippen LogP contribution < -0.4 is 11.1 Å². The SMILES string of the molecule is Cc1noc2nc(-c3ccc(F)cc3)cc(C(=O)OCc3nc(N)nc(Nc4ccc(F)cc4)n3)c12. The van der Waals surface area contributed by atoms with E-state index in [-0.39, 0.29) is 41.4 Å². The van der Waals surface area contributed by atoms with Crippen LogP contribution in [0.25, 0.3) is 22.4 Å². The van der Waals surface area contributed by atoms with Crippen molar-refractivity contribution in [2.75, 3.05) is 11.1 Å². The van der Waals surface area contributed by atoms with Crippen LogP contribution in [0.2, 0.25) is 0 Å². The van der Waals surface area contributed by atoms with E-state index in [1.54, 1.807) is 6.92 Å². The Morgan fingerprint density at radius 2 is 1.69 bits per heavy atom. The number of fused-ring (bicyclic) bond motifs is 1. The van der Waals surface area contributed by atoms with Gasteiger partial charge in [0.25, 0.3) is 5.71 Å². The van der Waals surface area contributed by atoms with E-state index >= 15 is 0 Å². The summed E-state index contributed by atoms with van der Waals surface area (Å²) in [6, 6.07) is 12.7. The summed E-state index contributed by atoms with van der Waals surface area (Å²) in [5, 5.41) is 7.16. The molecule has 3 heterocycles. The van der Waals surface area contributed by atoms with Crippen LogP contribution in [-0.4, -0.2) is 31.1 Å². The average Bonchev–Trinajstić information content (AvgIpc) is 3.24. The van der Waals surface area contributed by atoms with Gasteiger partial charge in [0.2, 0.25) is 11.9 Å². The number of carbonyl (C=O) groups excluding carboxylic acids is 1. The molecule has 10 nitrogen and oxygen atoms in total. The van der Waals surface area contributed by atoms with E-state index in [0.717, 1.165) is 0 Å². The highest BCUT2D eigenvalue weighted by atomic mass is 19.1. The first-order valence-electron chi connectivity index (χ1n) is 10.6. The fraction of sp³-hybridized carbons (Fsp3) is 0.0833. The van der Waals surface area contributed by atoms with E-state index in [1.807, 2.05) is 0 Å². The maximum Gasteiger partial charge on any atom is 0.339 e. The maximum atomic E-state index is 13.4. The van der Waals surface area contributed by atoms with Crippen molar-refractivity contribution in [1.82, 2.24) is 25.1 Å². The number of hydrogen-bond acceptors (Lipinski definition) is 10. The fourth-order valence-electron chi connectivity index (χ4n) is 3.45. The number of nitrogens with zero attached hydrogens (tertiary/aromatic N) is 5. The Balaban J connectivity index is 1.40. The summed E-state index contributed by atoms with van der Waals surface area (Å²) in [7, 11) is 0. The Bertz CT molecular complexity index is 1570. The molecule has 180 valence electrons. The number of hydrogen-bond donors (Lipinski definition) is 2. The molecule has 12 heteroatoms. The van der Waals surface area contributed by atoms with Gasteiger partial charge in [0.05, 0.1) is 22.3 Å². The number of anilines is 3. The van der Waals surface area contributed by atoms with Gasteiger partial charge in [-0.15, -0.1) is 0 Å². The number of rotatable bonds is 6. The van der Waals surface area contributed by atoms with Gasteiger partial charge in [0.1, 0.15) is 11.6 Å². The topological polar surface area (TPSA) is 142 Å². The average molecular weight is 489 g/mol. The molecule has 36 heavy (non-hydrogen) atoms. The molecular weight excluding hydrogens is 472 g/mol. The molecule has 2 aromatic carbocycles. The predicted octanol–water partition coefficient (Wildman–Crippen LogP) is 4.34. The standard InChI is InChI=1S/C24H17F2N7O3/c1-12-20-17(10-18(29-21(20)36-33-12)13-2-4-14(25)5-3-13)22(34)35-11-19-30-23(27)32-24(31-19)28-16-8-6-15(26)7-9-16/h2-10H,11H2,1H3,(H3,27,28,30,31,32). The van der Waals surface area contributed by atoms with Gasteiger partial charge in [-0.05, 0) is 61.5 Å². The highest BCUT2D eigenvalue weighted by Gasteiger charge is 2.21. The lowest BCUT2D eigenvalue weighted by Crippen LogP contribution is -2.12. The molecule has 0 amide bonds. The van der Waals surface area contributed by atoms with Crippen molar-refractivity contribution in [1.29, 1.82) is 0 Å². The second-order valence-corrected chi connectivity index (χ2v) is 7.65. The third-order valence-corrected chi connectivity index (χ3v) is 5.11. The Morgan fingerprint density at radius 3 is 2.42 bits per heavy atom. The molecule has 5 aromatic rings. The molecule has 0 fully saturated rings. The van der Waals surface area contributed by atoms with Gasteiger partial charge in [-0.1, -0.05) is 5.16 Å². The van der Waals surface area contributed by atoms with Gasteiger partial charge in [0, 0.05) is 11.3 Å². The number of benzene rings is 2. The van der Waals surface area contributed by atoms with Gasteiger partial charge in [0.15, 0.2) is 12.4 Å². The molecule has 0 aliphatic carbocycles. The summed E-state index contributed by atoms with van der Waals surface area (Å²) >= 11 is 0. The normalized spacial score (nSPS) is 11.0. The van der Waals surface area contributed by atoms with Gasteiger partial charge in [-0.2, -0.15) is 15.0 Å². The highest BCUT2D eigenvalue weighted by molar-refractivity contribution is 6.04. The smallest absolute Gasteiger partial charge is 0.339 e. The fourth-order valence-corrected chi connectivity index (χ4v) is 3.45. The second-order valence-electron chi connectivity index (χ2n) is 7.65. The lowest BCUT2D eigenvalue weighted by molar-refractivity contribution is 0.0464. The minimum atomic E-state index is -0.705. The van der Waals surface area contributed by atoms with Crippen molar-refractivity contribution in [3.05, 3.63) is 83.3 Å². The first-order valence-corrected chi connectivity index (χ1v) is 10.6. The van der Waals surface area contributed by atoms with Gasteiger partial charge in [-0.25, -0.2) is 18.6 Å². The monoisotopic (exact) mass is 489 g/mol. The summed E-state index contributed by atoms with van der Waals surface area (Å²) in [6.45, 7) is 1.35. The number of nitrogens with two attached hydrogens (primary N) is 1. The Labute approximate surface area is 202 Å². The van der Waals surface area contributed by atoms with Crippen LogP contribution in [0.1, 0.15) is 21.9 Å². The number of aromatic nitrogens is 5. The Kier molecular flexibility index (Phi) is 5.90. The highest BCUT2D eigenvalue weighted by Crippen LogP contribution is 2.28. The minimum Gasteiger partial charge on any atom is -0.454 e. The summed E-state index contributed by atoms with van der Waals surface area (Å²) in [5.41, 5.74) is 7.99. The molecular formula is C24H17F2N7O3. The van der Waals surface area contributed by atoms with Crippen LogP contribution in [0.3, 0.4) is 0 Å². The summed E-state index contributed by atoms with van der Waals surface area (Å²) < 4.78 is 37.2. The molecule has 0 radical (unpaired) electrons. The van der Waals surface area contributed by atoms with E-state index in [1.165, 1.54) is 54.6 Å². The number of esters is 1. The summed E-state index contributed by atoms with van der Waals surface area (Å²) in [4.78, 5) is 29.6. The van der Waals surface area contributed by atoms with Crippen LogP contribution in [-0.2, 0) is 11.3 Å². The molecule has 0 bridgehead atoms. The van der Waals surface area contributed by atoms with Crippen LogP contribution >= 0.6 is 0 Å². The molecule has 3 aromatic heterocycles. The molecule has 0 saturated carbocycles. The van der Waals surface area contributed by atoms with Crippen molar-refractivity contribution in [2.45, 2.75) is 13.5 Å². The lowest BCUT2D eigenvalue weighted by Gasteiger charge is -2.09. The molecule has 5 rings (SSSR count). The first kappa shape index (κ1) is 22.8. The van der Waals surface area contributed by atoms with Crippen LogP contribution in [0, 0.1) is 18.6 Å². The molecule has 0 saturated heterocycles. The number of aryl methyl sites for hydroxylation is 1. The van der Waals surface area contributed by atoms with Gasteiger partial charge >= 0.3 is 5.97 Å². The van der Waals surface area contributed by atoms with E-state index in [9.17, 15) is 13.6 Å². The summed E-state index contributed by atoms with van der Waals surface area (Å²) in [6.07, 6.45) is 0. The predicted molar refractivity (Wildman–Crippen MR) is 125 cm³/mol. The van der Waals surface area contributed by atoms with Crippen molar-refractivity contribution in [3.8, 4) is 11.3 Å². The first-order chi connectivity index (χ1) is 17.4. The Hall–Kier alpha value is -5.00. The molecule has 0 atom stereocenters.